The predicted molar refractivity (Wildman–Crippen MR) is 106 cm³/mol. The summed E-state index contributed by atoms with van der Waals surface area (Å²) < 4.78 is 29.5. The number of anilines is 1. The number of hydrogen-bond acceptors (Lipinski definition) is 8. The highest BCUT2D eigenvalue weighted by atomic mass is 32.2. The Hall–Kier alpha value is -2.52. The zero-order valence-electron chi connectivity index (χ0n) is 16.2. The van der Waals surface area contributed by atoms with Crippen molar-refractivity contribution in [2.75, 3.05) is 37.3 Å². The van der Waals surface area contributed by atoms with Crippen LogP contribution >= 0.6 is 0 Å². The molecule has 0 unspecified atom stereocenters. The third-order valence-corrected chi connectivity index (χ3v) is 6.23. The van der Waals surface area contributed by atoms with Crippen molar-refractivity contribution in [3.05, 3.63) is 41.9 Å². The number of benzene rings is 1. The van der Waals surface area contributed by atoms with Crippen LogP contribution in [0.5, 0.6) is 0 Å². The van der Waals surface area contributed by atoms with E-state index in [4.69, 9.17) is 4.42 Å². The quantitative estimate of drug-likeness (QED) is 0.655. The number of hydrogen-bond donors (Lipinski definition) is 0. The van der Waals surface area contributed by atoms with Gasteiger partial charge in [-0.2, -0.15) is 0 Å². The van der Waals surface area contributed by atoms with Crippen LogP contribution in [0.3, 0.4) is 0 Å². The second kappa shape index (κ2) is 7.14. The van der Waals surface area contributed by atoms with E-state index in [1.807, 2.05) is 13.8 Å². The van der Waals surface area contributed by atoms with Crippen molar-refractivity contribution in [3.8, 4) is 0 Å². The van der Waals surface area contributed by atoms with Gasteiger partial charge >= 0.3 is 0 Å². The van der Waals surface area contributed by atoms with Gasteiger partial charge in [-0.1, -0.05) is 0 Å². The molecule has 1 aliphatic rings. The summed E-state index contributed by atoms with van der Waals surface area (Å²) in [4.78, 5) is 17.9. The minimum atomic E-state index is -3.29. The number of fused-ring (bicyclic) bond motifs is 1. The largest absolute Gasteiger partial charge is 0.444 e. The van der Waals surface area contributed by atoms with E-state index >= 15 is 0 Å². The van der Waals surface area contributed by atoms with E-state index in [2.05, 4.69) is 24.8 Å². The third kappa shape index (κ3) is 3.72. The molecule has 0 aliphatic carbocycles. The van der Waals surface area contributed by atoms with E-state index in [1.54, 1.807) is 18.2 Å². The maximum absolute atomic E-state index is 11.9. The summed E-state index contributed by atoms with van der Waals surface area (Å²) in [6.07, 6.45) is 2.74. The van der Waals surface area contributed by atoms with Crippen LogP contribution in [0.1, 0.15) is 17.3 Å². The molecule has 0 amide bonds. The number of nitrogens with zero attached hydrogens (tertiary/aromatic N) is 5. The van der Waals surface area contributed by atoms with Crippen LogP contribution < -0.4 is 4.90 Å². The molecule has 0 bridgehead atoms. The van der Waals surface area contributed by atoms with Gasteiger partial charge < -0.3 is 9.32 Å². The van der Waals surface area contributed by atoms with Gasteiger partial charge in [0.25, 0.3) is 0 Å². The molecule has 148 valence electrons. The van der Waals surface area contributed by atoms with Crippen molar-refractivity contribution in [2.24, 2.45) is 0 Å². The summed E-state index contributed by atoms with van der Waals surface area (Å²) >= 11 is 0. The van der Waals surface area contributed by atoms with Gasteiger partial charge in [-0.25, -0.2) is 23.4 Å². The molecule has 1 saturated heterocycles. The lowest BCUT2D eigenvalue weighted by atomic mass is 10.2. The Morgan fingerprint density at radius 3 is 2.50 bits per heavy atom. The van der Waals surface area contributed by atoms with Gasteiger partial charge in [0, 0.05) is 37.8 Å². The topological polar surface area (TPSA) is 92.4 Å². The summed E-state index contributed by atoms with van der Waals surface area (Å²) in [5, 5.41) is 0.762. The molecule has 1 aromatic carbocycles. The summed E-state index contributed by atoms with van der Waals surface area (Å²) in [7, 11) is -3.29. The molecule has 0 atom stereocenters. The minimum absolute atomic E-state index is 0.282. The SMILES string of the molecule is Cc1nc(CN2CCN(c3ncnc4ccc(S(C)(=O)=O)cc34)CC2)oc1C. The fraction of sp³-hybridized carbons (Fsp3) is 0.421. The molecule has 28 heavy (non-hydrogen) atoms. The lowest BCUT2D eigenvalue weighted by Crippen LogP contribution is -2.46. The minimum Gasteiger partial charge on any atom is -0.444 e. The van der Waals surface area contributed by atoms with Crippen molar-refractivity contribution >= 4 is 26.6 Å². The molecule has 1 fully saturated rings. The molecular formula is C19H23N5O3S. The first kappa shape index (κ1) is 18.8. The van der Waals surface area contributed by atoms with Crippen LogP contribution in [0.2, 0.25) is 0 Å². The number of sulfone groups is 1. The van der Waals surface area contributed by atoms with Gasteiger partial charge in [0.1, 0.15) is 17.9 Å². The van der Waals surface area contributed by atoms with Gasteiger partial charge in [0.2, 0.25) is 5.89 Å². The highest BCUT2D eigenvalue weighted by Gasteiger charge is 2.22. The van der Waals surface area contributed by atoms with E-state index in [1.165, 1.54) is 12.6 Å². The van der Waals surface area contributed by atoms with Crippen LogP contribution in [-0.4, -0.2) is 60.7 Å². The molecule has 0 spiro atoms. The Kier molecular flexibility index (Phi) is 4.80. The number of piperazine rings is 1. The molecule has 8 nitrogen and oxygen atoms in total. The van der Waals surface area contributed by atoms with E-state index in [9.17, 15) is 8.42 Å². The average Bonchev–Trinajstić information content (AvgIpc) is 2.98. The second-order valence-corrected chi connectivity index (χ2v) is 9.18. The monoisotopic (exact) mass is 401 g/mol. The second-order valence-electron chi connectivity index (χ2n) is 7.16. The Balaban J connectivity index is 1.53. The maximum Gasteiger partial charge on any atom is 0.208 e. The Labute approximate surface area is 164 Å². The van der Waals surface area contributed by atoms with Crippen LogP contribution in [0, 0.1) is 13.8 Å². The first-order chi connectivity index (χ1) is 13.3. The lowest BCUT2D eigenvalue weighted by Gasteiger charge is -2.35. The summed E-state index contributed by atoms with van der Waals surface area (Å²) in [5.41, 5.74) is 1.67. The molecule has 3 heterocycles. The fourth-order valence-corrected chi connectivity index (χ4v) is 4.07. The molecule has 0 N–H and O–H groups in total. The van der Waals surface area contributed by atoms with E-state index in [0.717, 1.165) is 60.2 Å². The smallest absolute Gasteiger partial charge is 0.208 e. The van der Waals surface area contributed by atoms with Crippen LogP contribution in [-0.2, 0) is 16.4 Å². The van der Waals surface area contributed by atoms with E-state index in [-0.39, 0.29) is 4.90 Å². The number of aryl methyl sites for hydroxylation is 2. The van der Waals surface area contributed by atoms with Gasteiger partial charge in [0.05, 0.1) is 22.7 Å². The highest BCUT2D eigenvalue weighted by molar-refractivity contribution is 7.90. The van der Waals surface area contributed by atoms with E-state index in [0.29, 0.717) is 6.54 Å². The Morgan fingerprint density at radius 2 is 1.86 bits per heavy atom. The summed E-state index contributed by atoms with van der Waals surface area (Å²) in [6, 6.07) is 5.00. The van der Waals surface area contributed by atoms with Crippen molar-refractivity contribution in [1.82, 2.24) is 19.9 Å². The highest BCUT2D eigenvalue weighted by Crippen LogP contribution is 2.26. The molecule has 0 saturated carbocycles. The zero-order valence-corrected chi connectivity index (χ0v) is 17.0. The molecule has 4 rings (SSSR count). The molecule has 1 aliphatic heterocycles. The molecule has 9 heteroatoms. The van der Waals surface area contributed by atoms with Gasteiger partial charge in [0.15, 0.2) is 9.84 Å². The number of aromatic nitrogens is 3. The first-order valence-corrected chi connectivity index (χ1v) is 11.1. The van der Waals surface area contributed by atoms with Gasteiger partial charge in [-0.05, 0) is 32.0 Å². The maximum atomic E-state index is 11.9. The third-order valence-electron chi connectivity index (χ3n) is 5.12. The van der Waals surface area contributed by atoms with Crippen LogP contribution in [0.15, 0.2) is 33.8 Å². The van der Waals surface area contributed by atoms with Crippen LogP contribution in [0.25, 0.3) is 10.9 Å². The van der Waals surface area contributed by atoms with E-state index < -0.39 is 9.84 Å². The number of rotatable bonds is 4. The molecule has 3 aromatic rings. The predicted octanol–water partition coefficient (Wildman–Crippen LogP) is 1.96. The molecular weight excluding hydrogens is 378 g/mol. The molecule has 2 aromatic heterocycles. The summed E-state index contributed by atoms with van der Waals surface area (Å²) in [6.45, 7) is 7.82. The lowest BCUT2D eigenvalue weighted by molar-refractivity contribution is 0.224. The van der Waals surface area contributed by atoms with Crippen molar-refractivity contribution < 1.29 is 12.8 Å². The molecule has 0 radical (unpaired) electrons. The Morgan fingerprint density at radius 1 is 1.11 bits per heavy atom. The number of oxazole rings is 1. The van der Waals surface area contributed by atoms with Crippen LogP contribution in [0.4, 0.5) is 5.82 Å². The first-order valence-electron chi connectivity index (χ1n) is 9.16. The fourth-order valence-electron chi connectivity index (χ4n) is 3.42. The normalized spacial score (nSPS) is 16.0. The van der Waals surface area contributed by atoms with Gasteiger partial charge in [-0.3, -0.25) is 4.90 Å². The summed E-state index contributed by atoms with van der Waals surface area (Å²) in [5.74, 6) is 2.38. The van der Waals surface area contributed by atoms with Crippen molar-refractivity contribution in [2.45, 2.75) is 25.3 Å². The van der Waals surface area contributed by atoms with Gasteiger partial charge in [-0.15, -0.1) is 0 Å². The standard InChI is InChI=1S/C19H23N5O3S/c1-13-14(2)27-18(22-13)11-23-6-8-24(9-7-23)19-16-10-15(28(3,25)26)4-5-17(16)20-12-21-19/h4-5,10,12H,6-9,11H2,1-3H3. The Bertz CT molecular complexity index is 1100. The van der Waals surface area contributed by atoms with Crippen molar-refractivity contribution in [1.29, 1.82) is 0 Å². The average molecular weight is 401 g/mol. The zero-order chi connectivity index (χ0) is 19.9. The van der Waals surface area contributed by atoms with Crippen molar-refractivity contribution in [3.63, 3.8) is 0 Å².